The van der Waals surface area contributed by atoms with Gasteiger partial charge in [-0.2, -0.15) is 5.26 Å². The van der Waals surface area contributed by atoms with Crippen molar-refractivity contribution in [3.05, 3.63) is 45.4 Å². The molecule has 3 rings (SSSR count). The highest BCUT2D eigenvalue weighted by Gasteiger charge is 2.26. The average molecular weight is 343 g/mol. The standard InChI is InChI=1S/C17H17N3O3S/c1-2-22-15(21)9-23-14-4-3-11(8-18)7-12(14)16-17-13(5-6-19-16)20-10-24-17/h3-4,7,10,16,19H,2,5-6,9H2,1H3. The van der Waals surface area contributed by atoms with Gasteiger partial charge < -0.3 is 14.8 Å². The molecule has 0 saturated heterocycles. The van der Waals surface area contributed by atoms with Gasteiger partial charge in [0, 0.05) is 23.4 Å². The van der Waals surface area contributed by atoms with Crippen molar-refractivity contribution in [2.24, 2.45) is 0 Å². The van der Waals surface area contributed by atoms with Crippen molar-refractivity contribution in [2.75, 3.05) is 19.8 Å². The molecule has 2 aromatic rings. The normalized spacial score (nSPS) is 16.1. The number of carbonyl (C=O) groups excluding carboxylic acids is 1. The number of rotatable bonds is 5. The van der Waals surface area contributed by atoms with Gasteiger partial charge in [-0.3, -0.25) is 0 Å². The first-order chi connectivity index (χ1) is 11.7. The highest BCUT2D eigenvalue weighted by atomic mass is 32.1. The molecule has 0 fully saturated rings. The fourth-order valence-corrected chi connectivity index (χ4v) is 3.62. The predicted molar refractivity (Wildman–Crippen MR) is 88.9 cm³/mol. The third-order valence-corrected chi connectivity index (χ3v) is 4.68. The zero-order chi connectivity index (χ0) is 16.9. The molecule has 1 N–H and O–H groups in total. The van der Waals surface area contributed by atoms with Gasteiger partial charge in [-0.15, -0.1) is 11.3 Å². The van der Waals surface area contributed by atoms with E-state index in [0.717, 1.165) is 29.1 Å². The number of hydrogen-bond donors (Lipinski definition) is 1. The van der Waals surface area contributed by atoms with Gasteiger partial charge in [0.2, 0.25) is 0 Å². The van der Waals surface area contributed by atoms with Gasteiger partial charge in [0.1, 0.15) is 5.75 Å². The highest BCUT2D eigenvalue weighted by molar-refractivity contribution is 7.09. The van der Waals surface area contributed by atoms with Crippen LogP contribution in [0.15, 0.2) is 23.7 Å². The molecule has 1 aliphatic rings. The van der Waals surface area contributed by atoms with Crippen LogP contribution in [0.1, 0.15) is 34.7 Å². The number of benzene rings is 1. The molecule has 124 valence electrons. The van der Waals surface area contributed by atoms with Crippen LogP contribution >= 0.6 is 11.3 Å². The van der Waals surface area contributed by atoms with Crippen molar-refractivity contribution in [3.8, 4) is 11.8 Å². The molecule has 1 unspecified atom stereocenters. The molecule has 1 aromatic heterocycles. The van der Waals surface area contributed by atoms with Crippen LogP contribution in [0.3, 0.4) is 0 Å². The van der Waals surface area contributed by atoms with E-state index in [-0.39, 0.29) is 12.6 Å². The van der Waals surface area contributed by atoms with E-state index in [1.807, 2.05) is 5.51 Å². The number of nitriles is 1. The predicted octanol–water partition coefficient (Wildman–Crippen LogP) is 2.19. The summed E-state index contributed by atoms with van der Waals surface area (Å²) in [7, 11) is 0. The van der Waals surface area contributed by atoms with Crippen molar-refractivity contribution in [2.45, 2.75) is 19.4 Å². The summed E-state index contributed by atoms with van der Waals surface area (Å²) in [4.78, 5) is 17.1. The summed E-state index contributed by atoms with van der Waals surface area (Å²) in [5, 5.41) is 12.6. The highest BCUT2D eigenvalue weighted by Crippen LogP contribution is 2.36. The Morgan fingerprint density at radius 1 is 1.54 bits per heavy atom. The topological polar surface area (TPSA) is 84.2 Å². The third kappa shape index (κ3) is 3.40. The lowest BCUT2D eigenvalue weighted by Crippen LogP contribution is -2.30. The first-order valence-corrected chi connectivity index (χ1v) is 8.59. The molecule has 0 bridgehead atoms. The molecular weight excluding hydrogens is 326 g/mol. The van der Waals surface area contributed by atoms with Gasteiger partial charge in [0.25, 0.3) is 0 Å². The van der Waals surface area contributed by atoms with Crippen LogP contribution in [-0.4, -0.2) is 30.7 Å². The fourth-order valence-electron chi connectivity index (χ4n) is 2.69. The van der Waals surface area contributed by atoms with E-state index in [2.05, 4.69) is 16.4 Å². The molecule has 1 aliphatic heterocycles. The van der Waals surface area contributed by atoms with Gasteiger partial charge in [0.15, 0.2) is 6.61 Å². The van der Waals surface area contributed by atoms with E-state index < -0.39 is 5.97 Å². The summed E-state index contributed by atoms with van der Waals surface area (Å²) in [5.41, 5.74) is 4.29. The van der Waals surface area contributed by atoms with Gasteiger partial charge in [0.05, 0.1) is 35.5 Å². The Balaban J connectivity index is 1.91. The minimum Gasteiger partial charge on any atom is -0.482 e. The van der Waals surface area contributed by atoms with Crippen LogP contribution < -0.4 is 10.1 Å². The summed E-state index contributed by atoms with van der Waals surface area (Å²) in [5.74, 6) is 0.156. The molecule has 0 saturated carbocycles. The molecule has 0 amide bonds. The quantitative estimate of drug-likeness (QED) is 0.838. The first kappa shape index (κ1) is 16.4. The molecule has 0 spiro atoms. The smallest absolute Gasteiger partial charge is 0.344 e. The monoisotopic (exact) mass is 343 g/mol. The van der Waals surface area contributed by atoms with Gasteiger partial charge in [-0.05, 0) is 25.1 Å². The number of fused-ring (bicyclic) bond motifs is 1. The molecule has 0 radical (unpaired) electrons. The lowest BCUT2D eigenvalue weighted by Gasteiger charge is -2.25. The molecule has 1 atom stereocenters. The van der Waals surface area contributed by atoms with Crippen LogP contribution in [0.2, 0.25) is 0 Å². The van der Waals surface area contributed by atoms with Crippen molar-refractivity contribution in [3.63, 3.8) is 0 Å². The number of esters is 1. The summed E-state index contributed by atoms with van der Waals surface area (Å²) in [6, 6.07) is 7.26. The Kier molecular flexibility index (Phi) is 5.08. The van der Waals surface area contributed by atoms with E-state index in [4.69, 9.17) is 9.47 Å². The molecule has 24 heavy (non-hydrogen) atoms. The third-order valence-electron chi connectivity index (χ3n) is 3.75. The van der Waals surface area contributed by atoms with Crippen LogP contribution in [-0.2, 0) is 16.0 Å². The summed E-state index contributed by atoms with van der Waals surface area (Å²) in [6.45, 7) is 2.71. The van der Waals surface area contributed by atoms with E-state index in [1.165, 1.54) is 0 Å². The number of carbonyl (C=O) groups is 1. The van der Waals surface area contributed by atoms with Crippen molar-refractivity contribution < 1.29 is 14.3 Å². The lowest BCUT2D eigenvalue weighted by atomic mass is 9.97. The molecule has 2 heterocycles. The second kappa shape index (κ2) is 7.43. The molecule has 6 nitrogen and oxygen atoms in total. The average Bonchev–Trinajstić information content (AvgIpc) is 3.09. The Morgan fingerprint density at radius 2 is 2.42 bits per heavy atom. The molecular formula is C17H17N3O3S. The number of aromatic nitrogens is 1. The van der Waals surface area contributed by atoms with Crippen LogP contribution in [0.25, 0.3) is 0 Å². The van der Waals surface area contributed by atoms with Crippen molar-refractivity contribution >= 4 is 17.3 Å². The van der Waals surface area contributed by atoms with Crippen LogP contribution in [0.4, 0.5) is 0 Å². The number of nitrogens with zero attached hydrogens (tertiary/aromatic N) is 2. The fraction of sp³-hybridized carbons (Fsp3) is 0.353. The van der Waals surface area contributed by atoms with Gasteiger partial charge in [-0.25, -0.2) is 9.78 Å². The SMILES string of the molecule is CCOC(=O)COc1ccc(C#N)cc1C1NCCc2ncsc21. The van der Waals surface area contributed by atoms with E-state index in [9.17, 15) is 10.1 Å². The molecule has 7 heteroatoms. The summed E-state index contributed by atoms with van der Waals surface area (Å²) in [6.07, 6.45) is 0.881. The van der Waals surface area contributed by atoms with E-state index >= 15 is 0 Å². The minimum absolute atomic E-state index is 0.0910. The van der Waals surface area contributed by atoms with E-state index in [1.54, 1.807) is 36.5 Å². The second-order valence-electron chi connectivity index (χ2n) is 5.26. The van der Waals surface area contributed by atoms with E-state index in [0.29, 0.717) is 17.9 Å². The maximum atomic E-state index is 11.6. The lowest BCUT2D eigenvalue weighted by molar-refractivity contribution is -0.145. The largest absolute Gasteiger partial charge is 0.482 e. The minimum atomic E-state index is -0.414. The van der Waals surface area contributed by atoms with Crippen molar-refractivity contribution in [1.82, 2.24) is 10.3 Å². The summed E-state index contributed by atoms with van der Waals surface area (Å²) < 4.78 is 10.6. The first-order valence-electron chi connectivity index (χ1n) is 7.71. The van der Waals surface area contributed by atoms with Gasteiger partial charge >= 0.3 is 5.97 Å². The number of ether oxygens (including phenoxy) is 2. The van der Waals surface area contributed by atoms with Gasteiger partial charge in [-0.1, -0.05) is 0 Å². The Morgan fingerprint density at radius 3 is 3.21 bits per heavy atom. The van der Waals surface area contributed by atoms with Crippen LogP contribution in [0, 0.1) is 11.3 Å². The number of nitrogens with one attached hydrogen (secondary N) is 1. The Labute approximate surface area is 144 Å². The Bertz CT molecular complexity index is 782. The second-order valence-corrected chi connectivity index (χ2v) is 6.14. The maximum absolute atomic E-state index is 11.6. The maximum Gasteiger partial charge on any atom is 0.344 e. The number of hydrogen-bond acceptors (Lipinski definition) is 7. The van der Waals surface area contributed by atoms with Crippen LogP contribution in [0.5, 0.6) is 5.75 Å². The molecule has 1 aromatic carbocycles. The molecule has 0 aliphatic carbocycles. The van der Waals surface area contributed by atoms with Crippen molar-refractivity contribution in [1.29, 1.82) is 5.26 Å². The Hall–Kier alpha value is -2.43. The number of thiazole rings is 1. The zero-order valence-electron chi connectivity index (χ0n) is 13.2. The zero-order valence-corrected chi connectivity index (χ0v) is 14.1. The summed E-state index contributed by atoms with van der Waals surface area (Å²) >= 11 is 1.58.